The molecule has 0 spiro atoms. The van der Waals surface area contributed by atoms with Gasteiger partial charge in [-0.25, -0.2) is 4.79 Å². The summed E-state index contributed by atoms with van der Waals surface area (Å²) in [4.78, 5) is 23.5. The van der Waals surface area contributed by atoms with Crippen molar-refractivity contribution < 1.29 is 14.3 Å². The van der Waals surface area contributed by atoms with E-state index in [1.807, 2.05) is 13.0 Å². The molecule has 0 aliphatic rings. The minimum atomic E-state index is -0.567. The lowest BCUT2D eigenvalue weighted by Gasteiger charge is -2.16. The number of esters is 1. The van der Waals surface area contributed by atoms with E-state index in [1.165, 1.54) is 7.11 Å². The second-order valence-electron chi connectivity index (χ2n) is 4.06. The molecule has 0 fully saturated rings. The molecule has 0 saturated heterocycles. The molecule has 98 valence electrons. The number of rotatable bonds is 6. The first-order chi connectivity index (χ1) is 8.69. The van der Waals surface area contributed by atoms with Crippen molar-refractivity contribution in [1.82, 2.24) is 5.32 Å². The van der Waals surface area contributed by atoms with Crippen LogP contribution in [0.1, 0.15) is 36.5 Å². The van der Waals surface area contributed by atoms with Gasteiger partial charge in [0, 0.05) is 5.56 Å². The summed E-state index contributed by atoms with van der Waals surface area (Å²) in [6.45, 7) is 2.04. The Bertz CT molecular complexity index is 389. The zero-order valence-corrected chi connectivity index (χ0v) is 10.8. The first-order valence-corrected chi connectivity index (χ1v) is 6.12. The number of unbranched alkanes of at least 4 members (excludes halogenated alkanes) is 1. The molecule has 0 aliphatic carbocycles. The Morgan fingerprint density at radius 3 is 2.50 bits per heavy atom. The third-order valence-corrected chi connectivity index (χ3v) is 2.67. The van der Waals surface area contributed by atoms with E-state index in [-0.39, 0.29) is 5.91 Å². The van der Waals surface area contributed by atoms with E-state index >= 15 is 0 Å². The number of nitrogens with one attached hydrogen (secondary N) is 1. The summed E-state index contributed by atoms with van der Waals surface area (Å²) in [5.74, 6) is -0.644. The Morgan fingerprint density at radius 2 is 1.94 bits per heavy atom. The summed E-state index contributed by atoms with van der Waals surface area (Å²) in [5.41, 5.74) is 0.544. The number of hydrogen-bond acceptors (Lipinski definition) is 3. The van der Waals surface area contributed by atoms with Crippen molar-refractivity contribution in [2.75, 3.05) is 7.11 Å². The van der Waals surface area contributed by atoms with Crippen LogP contribution in [0.15, 0.2) is 30.3 Å². The summed E-state index contributed by atoms with van der Waals surface area (Å²) in [6, 6.07) is 8.27. The highest BCUT2D eigenvalue weighted by Gasteiger charge is 2.21. The number of amides is 1. The van der Waals surface area contributed by atoms with Gasteiger partial charge in [0.15, 0.2) is 0 Å². The lowest BCUT2D eigenvalue weighted by atomic mass is 10.1. The smallest absolute Gasteiger partial charge is 0.328 e. The van der Waals surface area contributed by atoms with Crippen molar-refractivity contribution in [3.8, 4) is 0 Å². The molecular formula is C14H19NO3. The summed E-state index contributed by atoms with van der Waals surface area (Å²) < 4.78 is 4.69. The number of carbonyl (C=O) groups is 2. The lowest BCUT2D eigenvalue weighted by molar-refractivity contribution is -0.143. The minimum Gasteiger partial charge on any atom is -0.467 e. The van der Waals surface area contributed by atoms with E-state index in [2.05, 4.69) is 5.32 Å². The van der Waals surface area contributed by atoms with Crippen LogP contribution in [0.2, 0.25) is 0 Å². The first kappa shape index (κ1) is 14.2. The Labute approximate surface area is 107 Å². The van der Waals surface area contributed by atoms with Crippen molar-refractivity contribution in [2.45, 2.75) is 32.2 Å². The topological polar surface area (TPSA) is 55.4 Å². The predicted octanol–water partition coefficient (Wildman–Crippen LogP) is 2.15. The fourth-order valence-corrected chi connectivity index (χ4v) is 1.63. The molecule has 1 rings (SSSR count). The van der Waals surface area contributed by atoms with Crippen LogP contribution >= 0.6 is 0 Å². The normalized spacial score (nSPS) is 11.7. The average Bonchev–Trinajstić information content (AvgIpc) is 2.43. The Kier molecular flexibility index (Phi) is 5.91. The van der Waals surface area contributed by atoms with Crippen molar-refractivity contribution >= 4 is 11.9 Å². The van der Waals surface area contributed by atoms with Gasteiger partial charge in [-0.05, 0) is 18.6 Å². The second kappa shape index (κ2) is 7.48. The van der Waals surface area contributed by atoms with Crippen LogP contribution in [0.4, 0.5) is 0 Å². The molecule has 1 aromatic carbocycles. The monoisotopic (exact) mass is 249 g/mol. The lowest BCUT2D eigenvalue weighted by Crippen LogP contribution is -2.41. The number of methoxy groups -OCH3 is 1. The van der Waals surface area contributed by atoms with E-state index in [1.54, 1.807) is 24.3 Å². The van der Waals surface area contributed by atoms with Gasteiger partial charge in [-0.3, -0.25) is 4.79 Å². The maximum atomic E-state index is 11.9. The van der Waals surface area contributed by atoms with E-state index < -0.39 is 12.0 Å². The van der Waals surface area contributed by atoms with Gasteiger partial charge in [-0.15, -0.1) is 0 Å². The molecule has 1 aromatic rings. The molecule has 0 bridgehead atoms. The zero-order chi connectivity index (χ0) is 13.4. The van der Waals surface area contributed by atoms with Crippen LogP contribution in [0.25, 0.3) is 0 Å². The molecule has 18 heavy (non-hydrogen) atoms. The van der Waals surface area contributed by atoms with E-state index in [9.17, 15) is 9.59 Å². The first-order valence-electron chi connectivity index (χ1n) is 6.12. The van der Waals surface area contributed by atoms with Gasteiger partial charge in [0.2, 0.25) is 0 Å². The standard InChI is InChI=1S/C14H19NO3/c1-3-4-10-12(14(17)18-2)15-13(16)11-8-6-5-7-9-11/h5-9,12H,3-4,10H2,1-2H3,(H,15,16)/t12-/m1/s1. The van der Waals surface area contributed by atoms with Gasteiger partial charge in [-0.2, -0.15) is 0 Å². The molecular weight excluding hydrogens is 230 g/mol. The largest absolute Gasteiger partial charge is 0.467 e. The van der Waals surface area contributed by atoms with Crippen LogP contribution in [0, 0.1) is 0 Å². The van der Waals surface area contributed by atoms with Crippen molar-refractivity contribution in [3.63, 3.8) is 0 Å². The molecule has 4 heteroatoms. The maximum absolute atomic E-state index is 11.9. The van der Waals surface area contributed by atoms with Crippen molar-refractivity contribution in [1.29, 1.82) is 0 Å². The molecule has 0 heterocycles. The van der Waals surface area contributed by atoms with Gasteiger partial charge in [-0.1, -0.05) is 38.0 Å². The number of ether oxygens (including phenoxy) is 1. The number of benzene rings is 1. The summed E-state index contributed by atoms with van der Waals surface area (Å²) in [7, 11) is 1.33. The predicted molar refractivity (Wildman–Crippen MR) is 69.2 cm³/mol. The van der Waals surface area contributed by atoms with Gasteiger partial charge in [0.25, 0.3) is 5.91 Å². The van der Waals surface area contributed by atoms with Crippen molar-refractivity contribution in [2.24, 2.45) is 0 Å². The zero-order valence-electron chi connectivity index (χ0n) is 10.8. The third kappa shape index (κ3) is 4.20. The minimum absolute atomic E-state index is 0.248. The number of hydrogen-bond donors (Lipinski definition) is 1. The van der Waals surface area contributed by atoms with Gasteiger partial charge >= 0.3 is 5.97 Å². The fourth-order valence-electron chi connectivity index (χ4n) is 1.63. The molecule has 0 saturated carbocycles. The Morgan fingerprint density at radius 1 is 1.28 bits per heavy atom. The number of carbonyl (C=O) groups excluding carboxylic acids is 2. The second-order valence-corrected chi connectivity index (χ2v) is 4.06. The molecule has 1 atom stereocenters. The van der Waals surface area contributed by atoms with Gasteiger partial charge in [0.05, 0.1) is 7.11 Å². The molecule has 0 aliphatic heterocycles. The summed E-state index contributed by atoms with van der Waals surface area (Å²) in [5, 5.41) is 2.71. The SMILES string of the molecule is CCCC[C@@H](NC(=O)c1ccccc1)C(=O)OC. The maximum Gasteiger partial charge on any atom is 0.328 e. The molecule has 1 amide bonds. The van der Waals surface area contributed by atoms with Crippen LogP contribution in [0.5, 0.6) is 0 Å². The highest BCUT2D eigenvalue weighted by atomic mass is 16.5. The highest BCUT2D eigenvalue weighted by molar-refractivity contribution is 5.96. The highest BCUT2D eigenvalue weighted by Crippen LogP contribution is 2.05. The van der Waals surface area contributed by atoms with E-state index in [4.69, 9.17) is 4.74 Å². The molecule has 4 nitrogen and oxygen atoms in total. The molecule has 0 radical (unpaired) electrons. The van der Waals surface area contributed by atoms with Crippen LogP contribution in [-0.2, 0) is 9.53 Å². The quantitative estimate of drug-likeness (QED) is 0.786. The summed E-state index contributed by atoms with van der Waals surface area (Å²) >= 11 is 0. The third-order valence-electron chi connectivity index (χ3n) is 2.67. The summed E-state index contributed by atoms with van der Waals surface area (Å²) in [6.07, 6.45) is 2.44. The van der Waals surface area contributed by atoms with Crippen LogP contribution in [0.3, 0.4) is 0 Å². The molecule has 0 unspecified atom stereocenters. The molecule has 1 N–H and O–H groups in total. The van der Waals surface area contributed by atoms with Crippen LogP contribution < -0.4 is 5.32 Å². The van der Waals surface area contributed by atoms with Crippen LogP contribution in [-0.4, -0.2) is 25.0 Å². The van der Waals surface area contributed by atoms with Crippen molar-refractivity contribution in [3.05, 3.63) is 35.9 Å². The average molecular weight is 249 g/mol. The van der Waals surface area contributed by atoms with E-state index in [0.29, 0.717) is 12.0 Å². The molecule has 0 aromatic heterocycles. The van der Waals surface area contributed by atoms with E-state index in [0.717, 1.165) is 12.8 Å². The Balaban J connectivity index is 2.65. The van der Waals surface area contributed by atoms with Gasteiger partial charge in [0.1, 0.15) is 6.04 Å². The van der Waals surface area contributed by atoms with Gasteiger partial charge < -0.3 is 10.1 Å². The Hall–Kier alpha value is -1.84. The fraction of sp³-hybridized carbons (Fsp3) is 0.429.